The monoisotopic (exact) mass is 245 g/mol. The minimum Gasteiger partial charge on any atom is -0.507 e. The van der Waals surface area contributed by atoms with Gasteiger partial charge in [-0.05, 0) is 37.0 Å². The van der Waals surface area contributed by atoms with Gasteiger partial charge in [-0.15, -0.1) is 12.4 Å². The number of phenolic OH excluding ortho intramolecular Hbond substituents is 1. The second kappa shape index (κ2) is 5.02. The van der Waals surface area contributed by atoms with Crippen LogP contribution in [0.5, 0.6) is 5.75 Å². The Bertz CT molecular complexity index is 380. The molecule has 16 heavy (non-hydrogen) atoms. The van der Waals surface area contributed by atoms with E-state index in [0.29, 0.717) is 17.0 Å². The summed E-state index contributed by atoms with van der Waals surface area (Å²) in [5, 5.41) is 9.78. The van der Waals surface area contributed by atoms with Gasteiger partial charge in [-0.1, -0.05) is 12.8 Å². The van der Waals surface area contributed by atoms with Crippen LogP contribution in [0.15, 0.2) is 12.1 Å². The Morgan fingerprint density at radius 2 is 2.12 bits per heavy atom. The lowest BCUT2D eigenvalue weighted by molar-refractivity contribution is 0.448. The molecule has 0 unspecified atom stereocenters. The molecule has 0 aromatic heterocycles. The Labute approximate surface area is 101 Å². The van der Waals surface area contributed by atoms with Crippen LogP contribution in [0.4, 0.5) is 4.39 Å². The highest BCUT2D eigenvalue weighted by molar-refractivity contribution is 5.85. The number of hydrogen-bond acceptors (Lipinski definition) is 2. The van der Waals surface area contributed by atoms with E-state index in [1.807, 2.05) is 0 Å². The molecule has 0 spiro atoms. The maximum absolute atomic E-state index is 13.2. The van der Waals surface area contributed by atoms with Gasteiger partial charge in [0.2, 0.25) is 0 Å². The van der Waals surface area contributed by atoms with Crippen molar-refractivity contribution in [3.05, 3.63) is 29.1 Å². The second-order valence-electron chi connectivity index (χ2n) is 4.45. The van der Waals surface area contributed by atoms with Crippen LogP contribution in [0, 0.1) is 18.7 Å². The van der Waals surface area contributed by atoms with Gasteiger partial charge in [0.15, 0.2) is 0 Å². The third kappa shape index (κ3) is 2.86. The number of phenols is 1. The zero-order valence-electron chi connectivity index (χ0n) is 9.24. The largest absolute Gasteiger partial charge is 0.507 e. The van der Waals surface area contributed by atoms with Crippen molar-refractivity contribution in [3.8, 4) is 5.75 Å². The van der Waals surface area contributed by atoms with Crippen LogP contribution in [0.1, 0.15) is 36.4 Å². The van der Waals surface area contributed by atoms with E-state index in [-0.39, 0.29) is 30.0 Å². The summed E-state index contributed by atoms with van der Waals surface area (Å²) in [7, 11) is 0. The predicted octanol–water partition coefficient (Wildman–Crippen LogP) is 3.06. The maximum atomic E-state index is 13.2. The van der Waals surface area contributed by atoms with Crippen molar-refractivity contribution in [1.82, 2.24) is 0 Å². The molecule has 1 aromatic rings. The van der Waals surface area contributed by atoms with Gasteiger partial charge in [0.05, 0.1) is 0 Å². The van der Waals surface area contributed by atoms with Gasteiger partial charge in [-0.3, -0.25) is 0 Å². The first-order chi connectivity index (χ1) is 7.08. The lowest BCUT2D eigenvalue weighted by Crippen LogP contribution is -2.12. The average molecular weight is 246 g/mol. The van der Waals surface area contributed by atoms with Gasteiger partial charge in [0.25, 0.3) is 0 Å². The van der Waals surface area contributed by atoms with E-state index >= 15 is 0 Å². The van der Waals surface area contributed by atoms with Crippen molar-refractivity contribution < 1.29 is 9.50 Å². The quantitative estimate of drug-likeness (QED) is 0.860. The lowest BCUT2D eigenvalue weighted by Gasteiger charge is -2.14. The van der Waals surface area contributed by atoms with Crippen LogP contribution < -0.4 is 5.73 Å². The first kappa shape index (κ1) is 13.3. The summed E-state index contributed by atoms with van der Waals surface area (Å²) in [4.78, 5) is 0. The summed E-state index contributed by atoms with van der Waals surface area (Å²) < 4.78 is 13.2. The molecule has 1 aliphatic rings. The topological polar surface area (TPSA) is 46.2 Å². The zero-order chi connectivity index (χ0) is 11.0. The molecule has 0 bridgehead atoms. The van der Waals surface area contributed by atoms with Crippen LogP contribution in [0.25, 0.3) is 0 Å². The van der Waals surface area contributed by atoms with Gasteiger partial charge in [-0.25, -0.2) is 4.39 Å². The van der Waals surface area contributed by atoms with Crippen LogP contribution in [-0.4, -0.2) is 5.11 Å². The van der Waals surface area contributed by atoms with Gasteiger partial charge in [0, 0.05) is 11.6 Å². The van der Waals surface area contributed by atoms with E-state index in [4.69, 9.17) is 5.73 Å². The molecule has 90 valence electrons. The molecule has 3 N–H and O–H groups in total. The molecule has 0 saturated heterocycles. The van der Waals surface area contributed by atoms with E-state index in [1.165, 1.54) is 25.0 Å². The van der Waals surface area contributed by atoms with Crippen molar-refractivity contribution in [2.45, 2.75) is 32.2 Å². The maximum Gasteiger partial charge on any atom is 0.124 e. The van der Waals surface area contributed by atoms with E-state index in [1.54, 1.807) is 6.92 Å². The molecule has 0 amide bonds. The number of rotatable bonds is 3. The first-order valence-electron chi connectivity index (χ1n) is 5.32. The minimum atomic E-state index is -0.327. The van der Waals surface area contributed by atoms with Crippen molar-refractivity contribution in [3.63, 3.8) is 0 Å². The Morgan fingerprint density at radius 3 is 2.69 bits per heavy atom. The highest BCUT2D eigenvalue weighted by Crippen LogP contribution is 2.39. The molecule has 2 rings (SSSR count). The van der Waals surface area contributed by atoms with Crippen LogP contribution >= 0.6 is 12.4 Å². The van der Waals surface area contributed by atoms with Crippen molar-refractivity contribution in [2.24, 2.45) is 11.7 Å². The summed E-state index contributed by atoms with van der Waals surface area (Å²) in [6.07, 6.45) is 3.27. The second-order valence-corrected chi connectivity index (χ2v) is 4.45. The molecule has 1 aliphatic carbocycles. The Kier molecular flexibility index (Phi) is 4.16. The normalized spacial score (nSPS) is 16.7. The number of aryl methyl sites for hydroxylation is 1. The number of halogens is 2. The van der Waals surface area contributed by atoms with Crippen molar-refractivity contribution in [1.29, 1.82) is 0 Å². The SMILES string of the molecule is Cc1cc(F)cc([C@H](N)CC2CC2)c1O.Cl. The Morgan fingerprint density at radius 1 is 1.50 bits per heavy atom. The van der Waals surface area contributed by atoms with Crippen LogP contribution in [-0.2, 0) is 0 Å². The highest BCUT2D eigenvalue weighted by Gasteiger charge is 2.26. The van der Waals surface area contributed by atoms with Gasteiger partial charge in [0.1, 0.15) is 11.6 Å². The first-order valence-corrected chi connectivity index (χ1v) is 5.32. The van der Waals surface area contributed by atoms with E-state index in [0.717, 1.165) is 6.42 Å². The summed E-state index contributed by atoms with van der Waals surface area (Å²) in [5.41, 5.74) is 7.04. The van der Waals surface area contributed by atoms with Gasteiger partial charge in [-0.2, -0.15) is 0 Å². The molecule has 0 heterocycles. The van der Waals surface area contributed by atoms with E-state index < -0.39 is 0 Å². The third-order valence-corrected chi connectivity index (χ3v) is 2.98. The van der Waals surface area contributed by atoms with Crippen LogP contribution in [0.3, 0.4) is 0 Å². The Balaban J connectivity index is 0.00000128. The Hall–Kier alpha value is -0.800. The van der Waals surface area contributed by atoms with Crippen molar-refractivity contribution in [2.75, 3.05) is 0 Å². The molecular formula is C12H17ClFNO. The minimum absolute atomic E-state index is 0. The van der Waals surface area contributed by atoms with E-state index in [9.17, 15) is 9.50 Å². The smallest absolute Gasteiger partial charge is 0.124 e. The average Bonchev–Trinajstić information content (AvgIpc) is 2.94. The fourth-order valence-corrected chi connectivity index (χ4v) is 1.88. The standard InChI is InChI=1S/C12H16FNO.ClH/c1-7-4-9(13)6-10(12(7)15)11(14)5-8-2-3-8;/h4,6,8,11,15H,2-3,5,14H2,1H3;1H/t11-;/m1./s1. The van der Waals surface area contributed by atoms with Crippen molar-refractivity contribution >= 4 is 12.4 Å². The molecule has 4 heteroatoms. The molecule has 0 radical (unpaired) electrons. The lowest BCUT2D eigenvalue weighted by atomic mass is 9.99. The summed E-state index contributed by atoms with van der Waals surface area (Å²) in [6, 6.07) is 2.42. The predicted molar refractivity (Wildman–Crippen MR) is 64.3 cm³/mol. The summed E-state index contributed by atoms with van der Waals surface area (Å²) in [6.45, 7) is 1.69. The molecular weight excluding hydrogens is 229 g/mol. The molecule has 0 aliphatic heterocycles. The molecule has 1 fully saturated rings. The fourth-order valence-electron chi connectivity index (χ4n) is 1.88. The molecule has 1 atom stereocenters. The molecule has 2 nitrogen and oxygen atoms in total. The molecule has 1 aromatic carbocycles. The van der Waals surface area contributed by atoms with Gasteiger partial charge < -0.3 is 10.8 Å². The van der Waals surface area contributed by atoms with Gasteiger partial charge >= 0.3 is 0 Å². The number of aromatic hydroxyl groups is 1. The molecule has 1 saturated carbocycles. The number of hydrogen-bond donors (Lipinski definition) is 2. The number of nitrogens with two attached hydrogens (primary N) is 1. The van der Waals surface area contributed by atoms with Crippen LogP contribution in [0.2, 0.25) is 0 Å². The number of benzene rings is 1. The summed E-state index contributed by atoms with van der Waals surface area (Å²) >= 11 is 0. The summed E-state index contributed by atoms with van der Waals surface area (Å²) in [5.74, 6) is 0.485. The fraction of sp³-hybridized carbons (Fsp3) is 0.500. The van der Waals surface area contributed by atoms with E-state index in [2.05, 4.69) is 0 Å². The zero-order valence-corrected chi connectivity index (χ0v) is 10.1. The third-order valence-electron chi connectivity index (χ3n) is 2.98. The highest BCUT2D eigenvalue weighted by atomic mass is 35.5.